The summed E-state index contributed by atoms with van der Waals surface area (Å²) >= 11 is 1.51. The topological polar surface area (TPSA) is 122 Å². The Kier molecular flexibility index (Phi) is 6.79. The van der Waals surface area contributed by atoms with E-state index in [1.165, 1.54) is 23.2 Å². The molecule has 2 aromatic heterocycles. The molecule has 0 saturated carbocycles. The van der Waals surface area contributed by atoms with Gasteiger partial charge in [0.2, 0.25) is 11.9 Å². The molecule has 38 heavy (non-hydrogen) atoms. The largest absolute Gasteiger partial charge is 0.497 e. The monoisotopic (exact) mass is 531 g/mol. The molecule has 3 amide bonds. The summed E-state index contributed by atoms with van der Waals surface area (Å²) in [6.45, 7) is 1.71. The van der Waals surface area contributed by atoms with E-state index in [0.29, 0.717) is 34.4 Å². The number of hydrogen-bond donors (Lipinski definition) is 2. The normalized spacial score (nSPS) is 12.7. The Balaban J connectivity index is 1.46. The number of benzene rings is 2. The molecule has 2 aromatic carbocycles. The minimum Gasteiger partial charge on any atom is -0.497 e. The van der Waals surface area contributed by atoms with Crippen LogP contribution in [0.5, 0.6) is 11.5 Å². The van der Waals surface area contributed by atoms with Gasteiger partial charge in [0.05, 0.1) is 37.8 Å². The molecule has 12 heteroatoms. The molecule has 0 atom stereocenters. The Morgan fingerprint density at radius 1 is 1.05 bits per heavy atom. The van der Waals surface area contributed by atoms with Crippen molar-refractivity contribution in [3.63, 3.8) is 0 Å². The molecule has 194 valence electrons. The SMILES string of the molecule is COc1cc(OC)cc(N2Cc3cnc(Nc4cc(-c5nccs5)ccc4NC(C)=O)nc3N(C)C2=O)c1. The van der Waals surface area contributed by atoms with E-state index in [9.17, 15) is 9.59 Å². The summed E-state index contributed by atoms with van der Waals surface area (Å²) < 4.78 is 10.7. The summed E-state index contributed by atoms with van der Waals surface area (Å²) in [7, 11) is 4.78. The van der Waals surface area contributed by atoms with Gasteiger partial charge in [-0.05, 0) is 18.2 Å². The zero-order chi connectivity index (χ0) is 26.8. The molecule has 4 aromatic rings. The van der Waals surface area contributed by atoms with Crippen LogP contribution in [0.2, 0.25) is 0 Å². The first-order valence-electron chi connectivity index (χ1n) is 11.6. The van der Waals surface area contributed by atoms with Gasteiger partial charge in [-0.15, -0.1) is 11.3 Å². The molecular formula is C26H25N7O4S. The van der Waals surface area contributed by atoms with E-state index in [2.05, 4.69) is 25.6 Å². The van der Waals surface area contributed by atoms with Gasteiger partial charge in [-0.1, -0.05) is 0 Å². The number of carbonyl (C=O) groups is 2. The zero-order valence-electron chi connectivity index (χ0n) is 21.2. The molecule has 0 bridgehead atoms. The lowest BCUT2D eigenvalue weighted by Crippen LogP contribution is -2.46. The van der Waals surface area contributed by atoms with E-state index >= 15 is 0 Å². The first-order valence-corrected chi connectivity index (χ1v) is 12.5. The Morgan fingerprint density at radius 2 is 1.82 bits per heavy atom. The first kappa shape index (κ1) is 25.0. The highest BCUT2D eigenvalue weighted by Gasteiger charge is 2.31. The average Bonchev–Trinajstić information content (AvgIpc) is 3.46. The molecule has 11 nitrogen and oxygen atoms in total. The van der Waals surface area contributed by atoms with E-state index in [1.54, 1.807) is 62.8 Å². The smallest absolute Gasteiger partial charge is 0.330 e. The van der Waals surface area contributed by atoms with Crippen LogP contribution >= 0.6 is 11.3 Å². The Hall–Kier alpha value is -4.71. The standard InChI is InChI=1S/C26H25N7O4S/c1-15(34)29-21-6-5-16(24-27-7-8-38-24)9-22(21)30-25-28-13-17-14-33(26(35)32(2)23(17)31-25)18-10-19(36-3)12-20(11-18)37-4/h5-13H,14H2,1-4H3,(H,29,34)(H,28,30,31). The van der Waals surface area contributed by atoms with Crippen molar-refractivity contribution in [3.8, 4) is 22.1 Å². The highest BCUT2D eigenvalue weighted by Crippen LogP contribution is 2.36. The highest BCUT2D eigenvalue weighted by atomic mass is 32.1. The Morgan fingerprint density at radius 3 is 2.47 bits per heavy atom. The van der Waals surface area contributed by atoms with Gasteiger partial charge < -0.3 is 20.1 Å². The Labute approximate surface area is 223 Å². The van der Waals surface area contributed by atoms with Gasteiger partial charge in [0.15, 0.2) is 0 Å². The maximum atomic E-state index is 13.3. The molecule has 0 unspecified atom stereocenters. The maximum absolute atomic E-state index is 13.3. The summed E-state index contributed by atoms with van der Waals surface area (Å²) in [6.07, 6.45) is 3.42. The fourth-order valence-electron chi connectivity index (χ4n) is 4.09. The van der Waals surface area contributed by atoms with Crippen LogP contribution in [0, 0.1) is 0 Å². The molecule has 0 aliphatic carbocycles. The van der Waals surface area contributed by atoms with Crippen molar-refractivity contribution in [1.29, 1.82) is 0 Å². The second-order valence-electron chi connectivity index (χ2n) is 8.44. The molecule has 3 heterocycles. The number of thiazole rings is 1. The maximum Gasteiger partial charge on any atom is 0.330 e. The molecule has 2 N–H and O–H groups in total. The van der Waals surface area contributed by atoms with Crippen LogP contribution in [0.25, 0.3) is 10.6 Å². The van der Waals surface area contributed by atoms with Crippen LogP contribution in [0.1, 0.15) is 12.5 Å². The first-order chi connectivity index (χ1) is 18.4. The summed E-state index contributed by atoms with van der Waals surface area (Å²) in [5, 5.41) is 8.75. The van der Waals surface area contributed by atoms with Gasteiger partial charge in [-0.3, -0.25) is 14.6 Å². The predicted octanol–water partition coefficient (Wildman–Crippen LogP) is 4.90. The number of rotatable bonds is 7. The fourth-order valence-corrected chi connectivity index (χ4v) is 4.72. The second kappa shape index (κ2) is 10.3. The van der Waals surface area contributed by atoms with E-state index in [-0.39, 0.29) is 24.4 Å². The van der Waals surface area contributed by atoms with Crippen molar-refractivity contribution in [2.75, 3.05) is 41.7 Å². The predicted molar refractivity (Wildman–Crippen MR) is 147 cm³/mol. The van der Waals surface area contributed by atoms with Gasteiger partial charge in [-0.2, -0.15) is 4.98 Å². The van der Waals surface area contributed by atoms with Gasteiger partial charge in [0.25, 0.3) is 0 Å². The lowest BCUT2D eigenvalue weighted by molar-refractivity contribution is -0.114. The quantitative estimate of drug-likeness (QED) is 0.346. The number of fused-ring (bicyclic) bond motifs is 1. The number of anilines is 5. The average molecular weight is 532 g/mol. The molecule has 1 aliphatic heterocycles. The summed E-state index contributed by atoms with van der Waals surface area (Å²) in [5.74, 6) is 1.71. The lowest BCUT2D eigenvalue weighted by atomic mass is 10.1. The third kappa shape index (κ3) is 4.93. The van der Waals surface area contributed by atoms with Gasteiger partial charge >= 0.3 is 6.03 Å². The zero-order valence-corrected chi connectivity index (χ0v) is 22.0. The molecule has 0 spiro atoms. The van der Waals surface area contributed by atoms with Crippen LogP contribution in [0.15, 0.2) is 54.2 Å². The van der Waals surface area contributed by atoms with E-state index in [1.807, 2.05) is 17.5 Å². The third-order valence-corrected chi connectivity index (χ3v) is 6.73. The van der Waals surface area contributed by atoms with Crippen molar-refractivity contribution in [2.45, 2.75) is 13.5 Å². The minimum absolute atomic E-state index is 0.207. The number of methoxy groups -OCH3 is 2. The molecule has 0 radical (unpaired) electrons. The van der Waals surface area contributed by atoms with Crippen LogP contribution in [-0.4, -0.2) is 48.2 Å². The summed E-state index contributed by atoms with van der Waals surface area (Å²) in [4.78, 5) is 41.7. The number of aromatic nitrogens is 3. The number of nitrogens with zero attached hydrogens (tertiary/aromatic N) is 5. The van der Waals surface area contributed by atoms with E-state index in [4.69, 9.17) is 9.47 Å². The van der Waals surface area contributed by atoms with E-state index < -0.39 is 0 Å². The summed E-state index contributed by atoms with van der Waals surface area (Å²) in [6, 6.07) is 10.6. The van der Waals surface area contributed by atoms with Crippen molar-refractivity contribution < 1.29 is 19.1 Å². The number of hydrogen-bond acceptors (Lipinski definition) is 9. The van der Waals surface area contributed by atoms with Crippen LogP contribution in [-0.2, 0) is 11.3 Å². The number of urea groups is 1. The van der Waals surface area contributed by atoms with Crippen LogP contribution < -0.4 is 29.9 Å². The van der Waals surface area contributed by atoms with Gasteiger partial charge in [0.1, 0.15) is 22.3 Å². The lowest BCUT2D eigenvalue weighted by Gasteiger charge is -2.34. The second-order valence-corrected chi connectivity index (χ2v) is 9.34. The van der Waals surface area contributed by atoms with Crippen molar-refractivity contribution in [2.24, 2.45) is 0 Å². The molecule has 0 fully saturated rings. The van der Waals surface area contributed by atoms with Crippen LogP contribution in [0.3, 0.4) is 0 Å². The molecular weight excluding hydrogens is 506 g/mol. The van der Waals surface area contributed by atoms with E-state index in [0.717, 1.165) is 16.1 Å². The van der Waals surface area contributed by atoms with Crippen molar-refractivity contribution in [1.82, 2.24) is 15.0 Å². The molecule has 1 aliphatic rings. The number of carbonyl (C=O) groups excluding carboxylic acids is 2. The summed E-state index contributed by atoms with van der Waals surface area (Å²) in [5.41, 5.74) is 3.44. The van der Waals surface area contributed by atoms with Gasteiger partial charge in [-0.25, -0.2) is 14.8 Å². The molecule has 0 saturated heterocycles. The number of amides is 3. The Bertz CT molecular complexity index is 1490. The van der Waals surface area contributed by atoms with Crippen molar-refractivity contribution in [3.05, 3.63) is 59.7 Å². The number of nitrogens with one attached hydrogen (secondary N) is 2. The molecule has 5 rings (SSSR count). The fraction of sp³-hybridized carbons (Fsp3) is 0.192. The van der Waals surface area contributed by atoms with Gasteiger partial charge in [0, 0.05) is 61.1 Å². The van der Waals surface area contributed by atoms with Crippen LogP contribution in [0.4, 0.5) is 33.6 Å². The third-order valence-electron chi connectivity index (χ3n) is 5.91. The highest BCUT2D eigenvalue weighted by molar-refractivity contribution is 7.13. The van der Waals surface area contributed by atoms with Crippen molar-refractivity contribution >= 4 is 52.1 Å². The number of ether oxygens (including phenoxy) is 2. The minimum atomic E-state index is -0.262.